The van der Waals surface area contributed by atoms with Gasteiger partial charge in [0.25, 0.3) is 11.5 Å². The van der Waals surface area contributed by atoms with Crippen molar-refractivity contribution < 1.29 is 14.3 Å². The number of carbonyl (C=O) groups is 2. The van der Waals surface area contributed by atoms with Crippen molar-refractivity contribution >= 4 is 11.9 Å². The third-order valence-electron chi connectivity index (χ3n) is 7.60. The Bertz CT molecular complexity index is 968. The Labute approximate surface area is 182 Å². The number of H-pyrrole nitrogens is 1. The lowest BCUT2D eigenvalue weighted by Gasteiger charge is -2.57. The smallest absolute Gasteiger partial charge is 0.306 e. The Balaban J connectivity index is 1.33. The minimum atomic E-state index is -0.840. The van der Waals surface area contributed by atoms with Crippen LogP contribution in [0.25, 0.3) is 0 Å². The fraction of sp³-hybridized carbons (Fsp3) is 0.667. The summed E-state index contributed by atoms with van der Waals surface area (Å²) in [4.78, 5) is 39.7. The van der Waals surface area contributed by atoms with Crippen LogP contribution in [0.4, 0.5) is 0 Å². The Morgan fingerprint density at radius 3 is 2.32 bits per heavy atom. The molecule has 0 unspecified atom stereocenters. The molecule has 1 aromatic heterocycles. The summed E-state index contributed by atoms with van der Waals surface area (Å²) in [5.41, 5.74) is 1.53. The monoisotopic (exact) mass is 425 g/mol. The molecule has 1 amide bonds. The minimum absolute atomic E-state index is 0.0669. The van der Waals surface area contributed by atoms with Crippen molar-refractivity contribution in [2.24, 2.45) is 17.8 Å². The molecule has 0 spiro atoms. The van der Waals surface area contributed by atoms with Gasteiger partial charge in [-0.15, -0.1) is 0 Å². The van der Waals surface area contributed by atoms with Crippen LogP contribution in [0.3, 0.4) is 0 Å². The highest BCUT2D eigenvalue weighted by molar-refractivity contribution is 5.84. The molecule has 4 saturated carbocycles. The van der Waals surface area contributed by atoms with Crippen LogP contribution in [0.2, 0.25) is 0 Å². The van der Waals surface area contributed by atoms with Crippen molar-refractivity contribution in [3.8, 4) is 6.07 Å². The maximum Gasteiger partial charge on any atom is 0.306 e. The molecule has 0 radical (unpaired) electrons. The van der Waals surface area contributed by atoms with Gasteiger partial charge in [0, 0.05) is 17.7 Å². The number of amides is 1. The molecule has 0 aromatic carbocycles. The number of esters is 1. The maximum atomic E-state index is 12.8. The Hall–Kier alpha value is -2.62. The SMILES string of the molecule is Cc1[nH]c(=O)c(C#N)c(C)c1CCC(=O)O[C@@H](C)C(=O)NC12CC3CC(CC(C3)C1)C2. The summed E-state index contributed by atoms with van der Waals surface area (Å²) in [6.07, 6.45) is 6.64. The van der Waals surface area contributed by atoms with E-state index in [1.54, 1.807) is 20.8 Å². The molecule has 4 fully saturated rings. The molecule has 1 aromatic rings. The van der Waals surface area contributed by atoms with Gasteiger partial charge in [0.15, 0.2) is 6.10 Å². The maximum absolute atomic E-state index is 12.8. The van der Waals surface area contributed by atoms with E-state index in [1.807, 2.05) is 6.07 Å². The number of rotatable bonds is 6. The van der Waals surface area contributed by atoms with Gasteiger partial charge in [0.1, 0.15) is 11.6 Å². The molecular formula is C24H31N3O4. The van der Waals surface area contributed by atoms with Crippen molar-refractivity contribution in [2.45, 2.75) is 83.8 Å². The number of hydrogen-bond donors (Lipinski definition) is 2. The summed E-state index contributed by atoms with van der Waals surface area (Å²) < 4.78 is 5.42. The van der Waals surface area contributed by atoms with Gasteiger partial charge in [-0.2, -0.15) is 5.26 Å². The molecule has 1 heterocycles. The van der Waals surface area contributed by atoms with Crippen LogP contribution in [0.1, 0.15) is 74.3 Å². The van der Waals surface area contributed by atoms with Crippen molar-refractivity contribution in [3.63, 3.8) is 0 Å². The van der Waals surface area contributed by atoms with Crippen LogP contribution in [-0.2, 0) is 20.7 Å². The van der Waals surface area contributed by atoms with Gasteiger partial charge in [-0.25, -0.2) is 0 Å². The van der Waals surface area contributed by atoms with Crippen molar-refractivity contribution in [3.05, 3.63) is 32.7 Å². The average Bonchev–Trinajstić information content (AvgIpc) is 2.66. The zero-order chi connectivity index (χ0) is 22.3. The van der Waals surface area contributed by atoms with E-state index >= 15 is 0 Å². The molecule has 166 valence electrons. The van der Waals surface area contributed by atoms with Crippen LogP contribution in [0, 0.1) is 42.9 Å². The Morgan fingerprint density at radius 2 is 1.77 bits per heavy atom. The third-order valence-corrected chi connectivity index (χ3v) is 7.60. The summed E-state index contributed by atoms with van der Waals surface area (Å²) in [5, 5.41) is 12.4. The van der Waals surface area contributed by atoms with Crippen LogP contribution in [-0.4, -0.2) is 28.5 Å². The van der Waals surface area contributed by atoms with Crippen molar-refractivity contribution in [2.75, 3.05) is 0 Å². The summed E-state index contributed by atoms with van der Waals surface area (Å²) in [7, 11) is 0. The second kappa shape index (κ2) is 8.14. The lowest BCUT2D eigenvalue weighted by Crippen LogP contribution is -2.61. The van der Waals surface area contributed by atoms with E-state index in [4.69, 9.17) is 4.74 Å². The molecule has 4 aliphatic rings. The topological polar surface area (TPSA) is 112 Å². The van der Waals surface area contributed by atoms with Crippen LogP contribution in [0.15, 0.2) is 4.79 Å². The molecule has 2 N–H and O–H groups in total. The summed E-state index contributed by atoms with van der Waals surface area (Å²) in [6.45, 7) is 5.08. The predicted octanol–water partition coefficient (Wildman–Crippen LogP) is 2.81. The highest BCUT2D eigenvalue weighted by Crippen LogP contribution is 2.55. The lowest BCUT2D eigenvalue weighted by atomic mass is 9.53. The van der Waals surface area contributed by atoms with Gasteiger partial charge < -0.3 is 15.0 Å². The second-order valence-corrected chi connectivity index (χ2v) is 9.99. The van der Waals surface area contributed by atoms with E-state index in [2.05, 4.69) is 10.3 Å². The van der Waals surface area contributed by atoms with E-state index in [0.717, 1.165) is 42.6 Å². The van der Waals surface area contributed by atoms with Gasteiger partial charge >= 0.3 is 5.97 Å². The zero-order valence-electron chi connectivity index (χ0n) is 18.5. The van der Waals surface area contributed by atoms with Gasteiger partial charge in [0.05, 0.1) is 0 Å². The van der Waals surface area contributed by atoms with E-state index in [0.29, 0.717) is 17.7 Å². The number of carbonyl (C=O) groups excluding carboxylic acids is 2. The standard InChI is InChI=1S/C24H31N3O4/c1-13-19(14(2)26-23(30)20(13)12-25)4-5-21(28)31-15(3)22(29)27-24-9-16-6-17(10-24)8-18(7-16)11-24/h15-18H,4-11H2,1-3H3,(H,26,30)(H,27,29)/t15-,16?,17?,18?,24?/m0/s1. The summed E-state index contributed by atoms with van der Waals surface area (Å²) in [5.74, 6) is 1.51. The molecule has 5 rings (SSSR count). The average molecular weight is 426 g/mol. The number of ether oxygens (including phenoxy) is 1. The van der Waals surface area contributed by atoms with E-state index in [-0.39, 0.29) is 23.4 Å². The number of pyridine rings is 1. The first-order valence-corrected chi connectivity index (χ1v) is 11.3. The molecule has 7 nitrogen and oxygen atoms in total. The third kappa shape index (κ3) is 4.26. The zero-order valence-corrected chi connectivity index (χ0v) is 18.5. The molecule has 4 aliphatic carbocycles. The van der Waals surface area contributed by atoms with E-state index in [1.165, 1.54) is 19.3 Å². The molecule has 31 heavy (non-hydrogen) atoms. The molecule has 1 atom stereocenters. The van der Waals surface area contributed by atoms with Crippen LogP contribution in [0.5, 0.6) is 0 Å². The molecular weight excluding hydrogens is 394 g/mol. The molecule has 7 heteroatoms. The minimum Gasteiger partial charge on any atom is -0.453 e. The van der Waals surface area contributed by atoms with Gasteiger partial charge in [-0.3, -0.25) is 14.4 Å². The van der Waals surface area contributed by atoms with E-state index in [9.17, 15) is 19.6 Å². The van der Waals surface area contributed by atoms with Crippen LogP contribution >= 0.6 is 0 Å². The largest absolute Gasteiger partial charge is 0.453 e. The highest BCUT2D eigenvalue weighted by Gasteiger charge is 2.51. The normalized spacial score (nSPS) is 29.3. The summed E-state index contributed by atoms with van der Waals surface area (Å²) in [6, 6.07) is 1.91. The number of nitrogens with zero attached hydrogens (tertiary/aromatic N) is 1. The number of hydrogen-bond acceptors (Lipinski definition) is 5. The van der Waals surface area contributed by atoms with Gasteiger partial charge in [0.2, 0.25) is 0 Å². The quantitative estimate of drug-likeness (QED) is 0.681. The fourth-order valence-electron chi connectivity index (χ4n) is 6.58. The number of aryl methyl sites for hydroxylation is 1. The Kier molecular flexibility index (Phi) is 5.67. The lowest BCUT2D eigenvalue weighted by molar-refractivity contribution is -0.156. The van der Waals surface area contributed by atoms with Crippen molar-refractivity contribution in [1.82, 2.24) is 10.3 Å². The second-order valence-electron chi connectivity index (χ2n) is 9.99. The predicted molar refractivity (Wildman–Crippen MR) is 114 cm³/mol. The van der Waals surface area contributed by atoms with Crippen molar-refractivity contribution in [1.29, 1.82) is 5.26 Å². The molecule has 0 saturated heterocycles. The molecule has 4 bridgehead atoms. The highest BCUT2D eigenvalue weighted by atomic mass is 16.5. The number of nitriles is 1. The summed E-state index contributed by atoms with van der Waals surface area (Å²) >= 11 is 0. The molecule has 0 aliphatic heterocycles. The first-order chi connectivity index (χ1) is 14.7. The first kappa shape index (κ1) is 21.6. The van der Waals surface area contributed by atoms with Gasteiger partial charge in [-0.05, 0) is 94.6 Å². The fourth-order valence-corrected chi connectivity index (χ4v) is 6.58. The van der Waals surface area contributed by atoms with E-state index < -0.39 is 17.6 Å². The number of nitrogens with one attached hydrogen (secondary N) is 2. The first-order valence-electron chi connectivity index (χ1n) is 11.3. The number of aromatic amines is 1. The Morgan fingerprint density at radius 1 is 1.19 bits per heavy atom. The van der Waals surface area contributed by atoms with Gasteiger partial charge in [-0.1, -0.05) is 0 Å². The van der Waals surface area contributed by atoms with Crippen LogP contribution < -0.4 is 10.9 Å². The number of aromatic nitrogens is 1.